The lowest BCUT2D eigenvalue weighted by atomic mass is 10.1. The standard InChI is InChI=1S/C13H19O3P/c1-3-5-11-17(14,15)16-13-10-7-6-9-12(13)8-4-2/h4,6-7,9-10H,2-3,5,8,11H2,1H3,(H,14,15). The molecule has 17 heavy (non-hydrogen) atoms. The summed E-state index contributed by atoms with van der Waals surface area (Å²) in [5.41, 5.74) is 0.883. The second kappa shape index (κ2) is 6.63. The van der Waals surface area contributed by atoms with Crippen LogP contribution in [0.3, 0.4) is 0 Å². The van der Waals surface area contributed by atoms with Crippen molar-refractivity contribution >= 4 is 7.60 Å². The molecule has 0 heterocycles. The van der Waals surface area contributed by atoms with Gasteiger partial charge in [0.2, 0.25) is 0 Å². The summed E-state index contributed by atoms with van der Waals surface area (Å²) in [4.78, 5) is 9.70. The van der Waals surface area contributed by atoms with Crippen molar-refractivity contribution in [1.82, 2.24) is 0 Å². The Labute approximate surface area is 103 Å². The van der Waals surface area contributed by atoms with Crippen LogP contribution in [0.15, 0.2) is 36.9 Å². The molecule has 4 heteroatoms. The lowest BCUT2D eigenvalue weighted by Gasteiger charge is -2.15. The smallest absolute Gasteiger partial charge is 0.376 e. The third-order valence-electron chi connectivity index (χ3n) is 2.37. The number of unbranched alkanes of at least 4 members (excludes halogenated alkanes) is 1. The molecule has 0 aliphatic heterocycles. The zero-order valence-electron chi connectivity index (χ0n) is 10.1. The maximum Gasteiger partial charge on any atom is 0.376 e. The van der Waals surface area contributed by atoms with Gasteiger partial charge in [-0.25, -0.2) is 4.57 Å². The van der Waals surface area contributed by atoms with E-state index in [2.05, 4.69) is 6.58 Å². The van der Waals surface area contributed by atoms with E-state index < -0.39 is 7.60 Å². The van der Waals surface area contributed by atoms with Crippen LogP contribution in [0, 0.1) is 0 Å². The maximum atomic E-state index is 11.8. The molecule has 0 saturated heterocycles. The number of hydrogen-bond donors (Lipinski definition) is 1. The van der Waals surface area contributed by atoms with Crippen LogP contribution in [0.2, 0.25) is 0 Å². The number of allylic oxidation sites excluding steroid dienone is 1. The summed E-state index contributed by atoms with van der Waals surface area (Å²) >= 11 is 0. The van der Waals surface area contributed by atoms with Gasteiger partial charge in [0, 0.05) is 0 Å². The monoisotopic (exact) mass is 254 g/mol. The summed E-state index contributed by atoms with van der Waals surface area (Å²) in [6.45, 7) is 5.63. The van der Waals surface area contributed by atoms with Crippen molar-refractivity contribution in [3.8, 4) is 5.75 Å². The number of benzene rings is 1. The Bertz CT molecular complexity index is 415. The van der Waals surface area contributed by atoms with Crippen LogP contribution in [0.4, 0.5) is 0 Å². The van der Waals surface area contributed by atoms with E-state index >= 15 is 0 Å². The molecule has 94 valence electrons. The molecule has 3 nitrogen and oxygen atoms in total. The first-order valence-corrected chi connectivity index (χ1v) is 7.55. The molecule has 0 spiro atoms. The van der Waals surface area contributed by atoms with Crippen LogP contribution in [-0.4, -0.2) is 11.1 Å². The average Bonchev–Trinajstić information content (AvgIpc) is 2.29. The molecule has 1 aromatic carbocycles. The van der Waals surface area contributed by atoms with Crippen LogP contribution in [0.1, 0.15) is 25.3 Å². The van der Waals surface area contributed by atoms with Crippen LogP contribution < -0.4 is 4.52 Å². The SMILES string of the molecule is C=CCc1ccccc1OP(=O)(O)CCCC. The Kier molecular flexibility index (Phi) is 5.46. The van der Waals surface area contributed by atoms with Crippen molar-refractivity contribution in [2.24, 2.45) is 0 Å². The fourth-order valence-electron chi connectivity index (χ4n) is 1.47. The molecule has 1 rings (SSSR count). The van der Waals surface area contributed by atoms with Gasteiger partial charge < -0.3 is 9.42 Å². The van der Waals surface area contributed by atoms with Gasteiger partial charge in [0.05, 0.1) is 6.16 Å². The highest BCUT2D eigenvalue weighted by molar-refractivity contribution is 7.53. The van der Waals surface area contributed by atoms with Gasteiger partial charge in [-0.1, -0.05) is 37.6 Å². The summed E-state index contributed by atoms with van der Waals surface area (Å²) in [6, 6.07) is 7.26. The zero-order chi connectivity index (χ0) is 12.7. The molecule has 0 bridgehead atoms. The predicted octanol–water partition coefficient (Wildman–Crippen LogP) is 3.78. The highest BCUT2D eigenvalue weighted by Crippen LogP contribution is 2.44. The Morgan fingerprint density at radius 1 is 1.47 bits per heavy atom. The molecule has 1 unspecified atom stereocenters. The lowest BCUT2D eigenvalue weighted by Crippen LogP contribution is -1.99. The molecule has 0 radical (unpaired) electrons. The van der Waals surface area contributed by atoms with Gasteiger partial charge in [0.1, 0.15) is 5.75 Å². The van der Waals surface area contributed by atoms with Crippen LogP contribution in [0.25, 0.3) is 0 Å². The van der Waals surface area contributed by atoms with Gasteiger partial charge in [-0.05, 0) is 24.5 Å². The number of hydrogen-bond acceptors (Lipinski definition) is 2. The van der Waals surface area contributed by atoms with Crippen molar-refractivity contribution in [3.05, 3.63) is 42.5 Å². The van der Waals surface area contributed by atoms with Gasteiger partial charge in [-0.15, -0.1) is 6.58 Å². The summed E-state index contributed by atoms with van der Waals surface area (Å²) in [5, 5.41) is 0. The lowest BCUT2D eigenvalue weighted by molar-refractivity contribution is 0.376. The minimum Gasteiger partial charge on any atom is -0.424 e. The minimum atomic E-state index is -3.52. The van der Waals surface area contributed by atoms with E-state index in [-0.39, 0.29) is 6.16 Å². The molecule has 0 aromatic heterocycles. The third kappa shape index (κ3) is 4.76. The molecular formula is C13H19O3P. The summed E-state index contributed by atoms with van der Waals surface area (Å²) in [5.74, 6) is 0.481. The predicted molar refractivity (Wildman–Crippen MR) is 70.6 cm³/mol. The highest BCUT2D eigenvalue weighted by Gasteiger charge is 2.20. The Morgan fingerprint density at radius 3 is 2.82 bits per heavy atom. The largest absolute Gasteiger partial charge is 0.424 e. The molecule has 0 amide bonds. The zero-order valence-corrected chi connectivity index (χ0v) is 11.0. The van der Waals surface area contributed by atoms with Gasteiger partial charge in [0.25, 0.3) is 0 Å². The molecule has 0 saturated carbocycles. The third-order valence-corrected chi connectivity index (χ3v) is 3.74. The quantitative estimate of drug-likeness (QED) is 0.595. The summed E-state index contributed by atoms with van der Waals surface area (Å²) < 4.78 is 17.1. The van der Waals surface area contributed by atoms with Crippen molar-refractivity contribution in [2.75, 3.05) is 6.16 Å². The normalized spacial score (nSPS) is 14.0. The van der Waals surface area contributed by atoms with E-state index in [0.29, 0.717) is 18.6 Å². The highest BCUT2D eigenvalue weighted by atomic mass is 31.2. The molecule has 0 aliphatic carbocycles. The Morgan fingerprint density at radius 2 is 2.18 bits per heavy atom. The Hall–Kier alpha value is -1.05. The van der Waals surface area contributed by atoms with Crippen molar-refractivity contribution in [2.45, 2.75) is 26.2 Å². The van der Waals surface area contributed by atoms with Gasteiger partial charge >= 0.3 is 7.60 Å². The van der Waals surface area contributed by atoms with Gasteiger partial charge in [-0.3, -0.25) is 0 Å². The molecule has 0 aliphatic rings. The van der Waals surface area contributed by atoms with Crippen LogP contribution in [0.5, 0.6) is 5.75 Å². The van der Waals surface area contributed by atoms with E-state index in [9.17, 15) is 9.46 Å². The van der Waals surface area contributed by atoms with Crippen molar-refractivity contribution < 1.29 is 14.0 Å². The van der Waals surface area contributed by atoms with Gasteiger partial charge in [-0.2, -0.15) is 0 Å². The minimum absolute atomic E-state index is 0.200. The average molecular weight is 254 g/mol. The molecule has 1 aromatic rings. The Balaban J connectivity index is 2.79. The molecule has 1 N–H and O–H groups in total. The van der Waals surface area contributed by atoms with E-state index in [4.69, 9.17) is 4.52 Å². The fourth-order valence-corrected chi connectivity index (χ4v) is 2.77. The second-order valence-corrected chi connectivity index (χ2v) is 5.81. The molecular weight excluding hydrogens is 235 g/mol. The maximum absolute atomic E-state index is 11.8. The summed E-state index contributed by atoms with van der Waals surface area (Å²) in [6.07, 6.45) is 4.14. The van der Waals surface area contributed by atoms with E-state index in [1.54, 1.807) is 18.2 Å². The van der Waals surface area contributed by atoms with Crippen LogP contribution >= 0.6 is 7.60 Å². The second-order valence-electron chi connectivity index (χ2n) is 3.91. The fraction of sp³-hybridized carbons (Fsp3) is 0.385. The number of rotatable bonds is 7. The van der Waals surface area contributed by atoms with Gasteiger partial charge in [0.15, 0.2) is 0 Å². The van der Waals surface area contributed by atoms with E-state index in [0.717, 1.165) is 12.0 Å². The summed E-state index contributed by atoms with van der Waals surface area (Å²) in [7, 11) is -3.52. The number of para-hydroxylation sites is 1. The first-order chi connectivity index (χ1) is 8.09. The first-order valence-electron chi connectivity index (χ1n) is 5.79. The topological polar surface area (TPSA) is 46.5 Å². The molecule has 0 fully saturated rings. The molecule has 1 atom stereocenters. The van der Waals surface area contributed by atoms with E-state index in [1.807, 2.05) is 19.1 Å². The van der Waals surface area contributed by atoms with Crippen molar-refractivity contribution in [1.29, 1.82) is 0 Å². The van der Waals surface area contributed by atoms with E-state index in [1.165, 1.54) is 0 Å². The van der Waals surface area contributed by atoms with Crippen molar-refractivity contribution in [3.63, 3.8) is 0 Å². The first kappa shape index (κ1) is 14.0. The van der Waals surface area contributed by atoms with Crippen LogP contribution in [-0.2, 0) is 11.0 Å².